The van der Waals surface area contributed by atoms with Crippen LogP contribution in [-0.2, 0) is 10.8 Å². The van der Waals surface area contributed by atoms with Crippen molar-refractivity contribution in [1.29, 1.82) is 5.26 Å². The molecule has 2 bridgehead atoms. The average Bonchev–Trinajstić information content (AvgIpc) is 3.54. The van der Waals surface area contributed by atoms with Gasteiger partial charge in [0.15, 0.2) is 17.5 Å². The molecule has 7 aromatic rings. The third kappa shape index (κ3) is 6.28. The van der Waals surface area contributed by atoms with E-state index in [0.29, 0.717) is 23.0 Å². The summed E-state index contributed by atoms with van der Waals surface area (Å²) in [6.07, 6.45) is 6.63. The van der Waals surface area contributed by atoms with Gasteiger partial charge in [-0.2, -0.15) is 5.26 Å². The first kappa shape index (κ1) is 34.2. The van der Waals surface area contributed by atoms with Gasteiger partial charge in [-0.15, -0.1) is 0 Å². The van der Waals surface area contributed by atoms with Gasteiger partial charge in [-0.3, -0.25) is 0 Å². The van der Waals surface area contributed by atoms with Crippen LogP contribution in [0.5, 0.6) is 0 Å². The molecule has 5 nitrogen and oxygen atoms in total. The van der Waals surface area contributed by atoms with Crippen LogP contribution in [0.1, 0.15) is 83.4 Å². The van der Waals surface area contributed by atoms with Gasteiger partial charge in [0.25, 0.3) is 0 Å². The zero-order valence-electron chi connectivity index (χ0n) is 31.9. The van der Waals surface area contributed by atoms with Crippen molar-refractivity contribution in [3.8, 4) is 51.4 Å². The molecular weight excluding hydrogens is 661 g/mol. The van der Waals surface area contributed by atoms with Crippen molar-refractivity contribution in [2.45, 2.75) is 77.6 Å². The summed E-state index contributed by atoms with van der Waals surface area (Å²) in [5.74, 6) is 4.39. The minimum atomic E-state index is 0.0546. The van der Waals surface area contributed by atoms with Crippen molar-refractivity contribution in [2.24, 2.45) is 17.8 Å². The molecule has 1 unspecified atom stereocenters. The van der Waals surface area contributed by atoms with Gasteiger partial charge in [-0.1, -0.05) is 113 Å². The SMILES string of the molecule is C[C@@H]1C[C@@H]2C[C@H](C)CC(c3ccc(-c4nc(-c5ccc(-c6ccc7c(c6)oc6cc(C#N)ccc67)cc5)nc(-c5ccc(C(C)(C)C)cc5)n4)cc3)(C1)C2. The standard InChI is InChI=1S/C49H46N4O/c1-30-22-33-23-31(2)27-49(26-30,28-33)40-18-13-37(14-19-40)47-52-45(51-46(53-47)36-11-16-39(17-12-36)48(3,4)5)35-9-7-34(8-10-35)38-15-21-42-41-20-6-32(29-50)24-43(41)54-44(42)25-38/h6-21,24-25,30-31,33H,22-23,26-28H2,1-5H3/t30-,31+,33-,49?. The second kappa shape index (κ2) is 13.1. The highest BCUT2D eigenvalue weighted by Crippen LogP contribution is 2.54. The predicted molar refractivity (Wildman–Crippen MR) is 219 cm³/mol. The van der Waals surface area contributed by atoms with Crippen molar-refractivity contribution in [3.63, 3.8) is 0 Å². The van der Waals surface area contributed by atoms with E-state index in [2.05, 4.69) is 132 Å². The van der Waals surface area contributed by atoms with Crippen molar-refractivity contribution < 1.29 is 4.42 Å². The smallest absolute Gasteiger partial charge is 0.164 e. The number of hydrogen-bond acceptors (Lipinski definition) is 5. The molecular formula is C49H46N4O. The summed E-state index contributed by atoms with van der Waals surface area (Å²) in [4.78, 5) is 15.3. The van der Waals surface area contributed by atoms with Gasteiger partial charge in [0.2, 0.25) is 0 Å². The van der Waals surface area contributed by atoms with E-state index in [1.807, 2.05) is 12.1 Å². The molecule has 54 heavy (non-hydrogen) atoms. The lowest BCUT2D eigenvalue weighted by molar-refractivity contribution is 0.0780. The Morgan fingerprint density at radius 1 is 0.593 bits per heavy atom. The maximum Gasteiger partial charge on any atom is 0.164 e. The molecule has 2 aliphatic rings. The number of aromatic nitrogens is 3. The molecule has 0 N–H and O–H groups in total. The molecule has 9 rings (SSSR count). The van der Waals surface area contributed by atoms with Crippen molar-refractivity contribution in [1.82, 2.24) is 15.0 Å². The fraction of sp³-hybridized carbons (Fsp3) is 0.306. The van der Waals surface area contributed by atoms with E-state index in [4.69, 9.17) is 19.4 Å². The number of fused-ring (bicyclic) bond motifs is 5. The zero-order chi connectivity index (χ0) is 37.2. The highest BCUT2D eigenvalue weighted by molar-refractivity contribution is 6.06. The number of benzene rings is 5. The van der Waals surface area contributed by atoms with Crippen LogP contribution in [0.4, 0.5) is 0 Å². The summed E-state index contributed by atoms with van der Waals surface area (Å²) in [7, 11) is 0. The first-order valence-electron chi connectivity index (χ1n) is 19.5. The van der Waals surface area contributed by atoms with Gasteiger partial charge in [0, 0.05) is 27.5 Å². The molecule has 5 heteroatoms. The second-order valence-electron chi connectivity index (χ2n) is 17.4. The van der Waals surface area contributed by atoms with Crippen LogP contribution in [0, 0.1) is 29.1 Å². The molecule has 2 aromatic heterocycles. The molecule has 0 saturated heterocycles. The fourth-order valence-corrected chi connectivity index (χ4v) is 9.75. The summed E-state index contributed by atoms with van der Waals surface area (Å²) in [6.45, 7) is 11.6. The third-order valence-corrected chi connectivity index (χ3v) is 12.1. The minimum absolute atomic E-state index is 0.0546. The number of hydrogen-bond donors (Lipinski definition) is 0. The summed E-state index contributed by atoms with van der Waals surface area (Å²) in [6, 6.07) is 40.3. The van der Waals surface area contributed by atoms with Crippen LogP contribution in [0.2, 0.25) is 0 Å². The van der Waals surface area contributed by atoms with E-state index >= 15 is 0 Å². The van der Waals surface area contributed by atoms with Gasteiger partial charge >= 0.3 is 0 Å². The molecule has 4 atom stereocenters. The van der Waals surface area contributed by atoms with Gasteiger partial charge in [0.05, 0.1) is 11.6 Å². The van der Waals surface area contributed by atoms with Gasteiger partial charge in [0.1, 0.15) is 11.2 Å². The van der Waals surface area contributed by atoms with E-state index in [1.165, 1.54) is 43.2 Å². The Bertz CT molecular complexity index is 2530. The Hall–Kier alpha value is -5.60. The van der Waals surface area contributed by atoms with E-state index in [-0.39, 0.29) is 10.8 Å². The fourth-order valence-electron chi connectivity index (χ4n) is 9.75. The first-order valence-corrected chi connectivity index (χ1v) is 19.5. The van der Waals surface area contributed by atoms with Gasteiger partial charge < -0.3 is 4.42 Å². The van der Waals surface area contributed by atoms with Crippen molar-refractivity contribution in [3.05, 3.63) is 126 Å². The lowest BCUT2D eigenvalue weighted by Crippen LogP contribution is -2.42. The highest BCUT2D eigenvalue weighted by Gasteiger charge is 2.45. The Balaban J connectivity index is 1.07. The van der Waals surface area contributed by atoms with E-state index in [0.717, 1.165) is 67.5 Å². The maximum atomic E-state index is 9.34. The molecule has 268 valence electrons. The molecule has 2 fully saturated rings. The van der Waals surface area contributed by atoms with E-state index in [9.17, 15) is 5.26 Å². The molecule has 2 heterocycles. The van der Waals surface area contributed by atoms with Crippen LogP contribution in [0.15, 0.2) is 114 Å². The Labute approximate surface area is 318 Å². The van der Waals surface area contributed by atoms with Crippen molar-refractivity contribution in [2.75, 3.05) is 0 Å². The Morgan fingerprint density at radius 2 is 1.07 bits per heavy atom. The third-order valence-electron chi connectivity index (χ3n) is 12.1. The van der Waals surface area contributed by atoms with Crippen molar-refractivity contribution >= 4 is 21.9 Å². The zero-order valence-corrected chi connectivity index (χ0v) is 31.9. The second-order valence-corrected chi connectivity index (χ2v) is 17.4. The molecule has 0 radical (unpaired) electrons. The summed E-state index contributed by atoms with van der Waals surface area (Å²) in [5, 5.41) is 11.4. The molecule has 0 amide bonds. The number of rotatable bonds is 5. The normalized spacial score (nSPS) is 21.3. The molecule has 2 saturated carbocycles. The number of nitrogens with zero attached hydrogens (tertiary/aromatic N) is 4. The maximum absolute atomic E-state index is 9.34. The topological polar surface area (TPSA) is 75.6 Å². The first-order chi connectivity index (χ1) is 26.0. The Morgan fingerprint density at radius 3 is 1.63 bits per heavy atom. The summed E-state index contributed by atoms with van der Waals surface area (Å²) < 4.78 is 6.18. The number of furan rings is 1. The van der Waals surface area contributed by atoms with Crippen LogP contribution < -0.4 is 0 Å². The van der Waals surface area contributed by atoms with Gasteiger partial charge in [-0.25, -0.2) is 15.0 Å². The lowest BCUT2D eigenvalue weighted by Gasteiger charge is -2.50. The summed E-state index contributed by atoms with van der Waals surface area (Å²) >= 11 is 0. The lowest BCUT2D eigenvalue weighted by atomic mass is 9.54. The summed E-state index contributed by atoms with van der Waals surface area (Å²) in [5.41, 5.74) is 10.2. The van der Waals surface area contributed by atoms with E-state index < -0.39 is 0 Å². The van der Waals surface area contributed by atoms with Crippen LogP contribution in [-0.4, -0.2) is 15.0 Å². The predicted octanol–water partition coefficient (Wildman–Crippen LogP) is 12.7. The molecule has 0 aliphatic heterocycles. The minimum Gasteiger partial charge on any atom is -0.456 e. The molecule has 0 spiro atoms. The van der Waals surface area contributed by atoms with E-state index in [1.54, 1.807) is 6.07 Å². The quantitative estimate of drug-likeness (QED) is 0.178. The largest absolute Gasteiger partial charge is 0.456 e. The van der Waals surface area contributed by atoms with Crippen LogP contribution >= 0.6 is 0 Å². The highest BCUT2D eigenvalue weighted by atomic mass is 16.3. The molecule has 2 aliphatic carbocycles. The number of nitriles is 1. The van der Waals surface area contributed by atoms with Crippen LogP contribution in [0.3, 0.4) is 0 Å². The Kier molecular flexibility index (Phi) is 8.27. The molecule has 5 aromatic carbocycles. The van der Waals surface area contributed by atoms with Crippen LogP contribution in [0.25, 0.3) is 67.2 Å². The monoisotopic (exact) mass is 706 g/mol. The van der Waals surface area contributed by atoms with Gasteiger partial charge in [-0.05, 0) is 113 Å². The average molecular weight is 707 g/mol.